The van der Waals surface area contributed by atoms with Crippen molar-refractivity contribution in [3.05, 3.63) is 53.8 Å². The van der Waals surface area contributed by atoms with Crippen LogP contribution in [-0.2, 0) is 10.0 Å². The number of hydrogen-bond donors (Lipinski definition) is 2. The van der Waals surface area contributed by atoms with Crippen LogP contribution >= 0.6 is 0 Å². The van der Waals surface area contributed by atoms with Crippen molar-refractivity contribution in [3.63, 3.8) is 0 Å². The molecule has 3 N–H and O–H groups in total. The molecule has 2 aromatic carbocycles. The Kier molecular flexibility index (Phi) is 3.44. The first kappa shape index (κ1) is 13.4. The summed E-state index contributed by atoms with van der Waals surface area (Å²) in [6, 6.07) is 10.1. The molecule has 6 heteroatoms. The molecule has 2 rings (SSSR count). The smallest absolute Gasteiger partial charge is 0.261 e. The average Bonchev–Trinajstić information content (AvgIpc) is 2.34. The number of nitrogen functional groups attached to an aromatic ring is 1. The average molecular weight is 280 g/mol. The molecule has 0 aliphatic rings. The van der Waals surface area contributed by atoms with Gasteiger partial charge in [-0.3, -0.25) is 4.72 Å². The molecule has 0 fully saturated rings. The Morgan fingerprint density at radius 1 is 1.11 bits per heavy atom. The third-order valence-corrected chi connectivity index (χ3v) is 3.98. The SMILES string of the molecule is Cc1ccc(S(=O)(=O)Nc2ccc(F)c(N)c2)cc1. The highest BCUT2D eigenvalue weighted by atomic mass is 32.2. The zero-order chi connectivity index (χ0) is 14.0. The molecule has 19 heavy (non-hydrogen) atoms. The summed E-state index contributed by atoms with van der Waals surface area (Å²) in [6.45, 7) is 1.87. The molecule has 0 heterocycles. The lowest BCUT2D eigenvalue weighted by molar-refractivity contribution is 0.601. The predicted octanol–water partition coefficient (Wildman–Crippen LogP) is 2.52. The number of anilines is 2. The fourth-order valence-electron chi connectivity index (χ4n) is 1.54. The molecule has 4 nitrogen and oxygen atoms in total. The topological polar surface area (TPSA) is 72.2 Å². The number of nitrogens with two attached hydrogens (primary N) is 1. The lowest BCUT2D eigenvalue weighted by Gasteiger charge is -2.09. The number of nitrogens with one attached hydrogen (secondary N) is 1. The molecule has 0 atom stereocenters. The second-order valence-corrected chi connectivity index (χ2v) is 5.84. The maximum absolute atomic E-state index is 13.0. The van der Waals surface area contributed by atoms with Crippen LogP contribution in [0, 0.1) is 12.7 Å². The van der Waals surface area contributed by atoms with E-state index in [0.29, 0.717) is 0 Å². The second kappa shape index (κ2) is 4.89. The van der Waals surface area contributed by atoms with E-state index in [1.807, 2.05) is 6.92 Å². The van der Waals surface area contributed by atoms with Gasteiger partial charge < -0.3 is 5.73 Å². The standard InChI is InChI=1S/C13H13FN2O2S/c1-9-2-5-11(6-3-9)19(17,18)16-10-4-7-12(14)13(15)8-10/h2-8,16H,15H2,1H3. The molecular weight excluding hydrogens is 267 g/mol. The summed E-state index contributed by atoms with van der Waals surface area (Å²) >= 11 is 0. The van der Waals surface area contributed by atoms with E-state index in [0.717, 1.165) is 11.6 Å². The number of hydrogen-bond acceptors (Lipinski definition) is 3. The van der Waals surface area contributed by atoms with Gasteiger partial charge in [0.15, 0.2) is 0 Å². The van der Waals surface area contributed by atoms with Crippen LogP contribution in [0.15, 0.2) is 47.4 Å². The van der Waals surface area contributed by atoms with Crippen LogP contribution in [0.2, 0.25) is 0 Å². The molecule has 0 bridgehead atoms. The zero-order valence-electron chi connectivity index (χ0n) is 10.2. The van der Waals surface area contributed by atoms with E-state index in [2.05, 4.69) is 4.72 Å². The summed E-state index contributed by atoms with van der Waals surface area (Å²) in [5, 5.41) is 0. The molecule has 0 amide bonds. The van der Waals surface area contributed by atoms with Crippen molar-refractivity contribution in [2.45, 2.75) is 11.8 Å². The Balaban J connectivity index is 2.30. The van der Waals surface area contributed by atoms with Crippen molar-refractivity contribution in [2.75, 3.05) is 10.5 Å². The third-order valence-electron chi connectivity index (χ3n) is 2.58. The minimum absolute atomic E-state index is 0.107. The summed E-state index contributed by atoms with van der Waals surface area (Å²) in [7, 11) is -3.69. The molecule has 0 saturated carbocycles. The molecule has 0 spiro atoms. The van der Waals surface area contributed by atoms with Crippen molar-refractivity contribution >= 4 is 21.4 Å². The van der Waals surface area contributed by atoms with Gasteiger partial charge in [-0.15, -0.1) is 0 Å². The molecule has 0 radical (unpaired) electrons. The first-order valence-corrected chi connectivity index (χ1v) is 7.01. The third kappa shape index (κ3) is 3.03. The van der Waals surface area contributed by atoms with E-state index in [1.165, 1.54) is 24.3 Å². The molecule has 0 saturated heterocycles. The van der Waals surface area contributed by atoms with Crippen LogP contribution in [0.3, 0.4) is 0 Å². The van der Waals surface area contributed by atoms with Gasteiger partial charge in [0, 0.05) is 0 Å². The fourth-order valence-corrected chi connectivity index (χ4v) is 2.59. The van der Waals surface area contributed by atoms with E-state index in [-0.39, 0.29) is 16.3 Å². The largest absolute Gasteiger partial charge is 0.396 e. The Bertz CT molecular complexity index is 697. The lowest BCUT2D eigenvalue weighted by Crippen LogP contribution is -2.13. The number of halogens is 1. The van der Waals surface area contributed by atoms with Crippen LogP contribution in [0.25, 0.3) is 0 Å². The van der Waals surface area contributed by atoms with Crippen LogP contribution in [0.4, 0.5) is 15.8 Å². The first-order chi connectivity index (χ1) is 8.88. The van der Waals surface area contributed by atoms with E-state index >= 15 is 0 Å². The maximum Gasteiger partial charge on any atom is 0.261 e. The minimum atomic E-state index is -3.69. The van der Waals surface area contributed by atoms with Gasteiger partial charge >= 0.3 is 0 Å². The Labute approximate surface area is 111 Å². The van der Waals surface area contributed by atoms with Crippen molar-refractivity contribution in [1.29, 1.82) is 0 Å². The van der Waals surface area contributed by atoms with E-state index in [9.17, 15) is 12.8 Å². The van der Waals surface area contributed by atoms with Crippen LogP contribution < -0.4 is 10.5 Å². The minimum Gasteiger partial charge on any atom is -0.396 e. The highest BCUT2D eigenvalue weighted by molar-refractivity contribution is 7.92. The van der Waals surface area contributed by atoms with Crippen molar-refractivity contribution < 1.29 is 12.8 Å². The van der Waals surface area contributed by atoms with E-state index in [1.54, 1.807) is 12.1 Å². The quantitative estimate of drug-likeness (QED) is 0.848. The second-order valence-electron chi connectivity index (χ2n) is 4.15. The molecule has 100 valence electrons. The first-order valence-electron chi connectivity index (χ1n) is 5.53. The van der Waals surface area contributed by atoms with Crippen molar-refractivity contribution in [2.24, 2.45) is 0 Å². The van der Waals surface area contributed by atoms with E-state index < -0.39 is 15.8 Å². The monoisotopic (exact) mass is 280 g/mol. The van der Waals surface area contributed by atoms with Crippen LogP contribution in [-0.4, -0.2) is 8.42 Å². The zero-order valence-corrected chi connectivity index (χ0v) is 11.0. The van der Waals surface area contributed by atoms with Gasteiger partial charge in [0.25, 0.3) is 10.0 Å². The summed E-state index contributed by atoms with van der Waals surface area (Å²) < 4.78 is 39.5. The van der Waals surface area contributed by atoms with Gasteiger partial charge in [0.1, 0.15) is 5.82 Å². The fraction of sp³-hybridized carbons (Fsp3) is 0.0769. The summed E-state index contributed by atoms with van der Waals surface area (Å²) in [6.07, 6.45) is 0. The molecule has 0 aliphatic heterocycles. The van der Waals surface area contributed by atoms with Gasteiger partial charge in [-0.25, -0.2) is 12.8 Å². The van der Waals surface area contributed by atoms with Crippen molar-refractivity contribution in [3.8, 4) is 0 Å². The van der Waals surface area contributed by atoms with Crippen LogP contribution in [0.1, 0.15) is 5.56 Å². The van der Waals surface area contributed by atoms with E-state index in [4.69, 9.17) is 5.73 Å². The molecular formula is C13H13FN2O2S. The van der Waals surface area contributed by atoms with Crippen molar-refractivity contribution in [1.82, 2.24) is 0 Å². The predicted molar refractivity (Wildman–Crippen MR) is 72.8 cm³/mol. The van der Waals surface area contributed by atoms with Gasteiger partial charge in [-0.1, -0.05) is 17.7 Å². The maximum atomic E-state index is 13.0. The molecule has 0 aliphatic carbocycles. The van der Waals surface area contributed by atoms with Gasteiger partial charge in [0.2, 0.25) is 0 Å². The lowest BCUT2D eigenvalue weighted by atomic mass is 10.2. The number of rotatable bonds is 3. The highest BCUT2D eigenvalue weighted by Gasteiger charge is 2.14. The normalized spacial score (nSPS) is 11.3. The Morgan fingerprint density at radius 3 is 2.32 bits per heavy atom. The molecule has 2 aromatic rings. The summed E-state index contributed by atoms with van der Waals surface area (Å²) in [5.41, 5.74) is 6.47. The van der Waals surface area contributed by atoms with Crippen LogP contribution in [0.5, 0.6) is 0 Å². The molecule has 0 unspecified atom stereocenters. The van der Waals surface area contributed by atoms with Gasteiger partial charge in [0.05, 0.1) is 16.3 Å². The highest BCUT2D eigenvalue weighted by Crippen LogP contribution is 2.20. The number of sulfonamides is 1. The van der Waals surface area contributed by atoms with Gasteiger partial charge in [-0.05, 0) is 37.3 Å². The Morgan fingerprint density at radius 2 is 1.74 bits per heavy atom. The summed E-state index contributed by atoms with van der Waals surface area (Å²) in [5.74, 6) is -0.585. The number of aryl methyl sites for hydroxylation is 1. The molecule has 0 aromatic heterocycles. The number of benzene rings is 2. The van der Waals surface area contributed by atoms with Gasteiger partial charge in [-0.2, -0.15) is 0 Å². The summed E-state index contributed by atoms with van der Waals surface area (Å²) in [4.78, 5) is 0.140. The Hall–Kier alpha value is -2.08.